The first-order valence-electron chi connectivity index (χ1n) is 10.8. The quantitative estimate of drug-likeness (QED) is 0.210. The van der Waals surface area contributed by atoms with Gasteiger partial charge in [-0.1, -0.05) is 45.0 Å². The zero-order chi connectivity index (χ0) is 22.1. The van der Waals surface area contributed by atoms with Crippen LogP contribution < -0.4 is 9.30 Å². The number of hydrogen-bond acceptors (Lipinski definition) is 1. The van der Waals surface area contributed by atoms with Crippen molar-refractivity contribution in [3.63, 3.8) is 0 Å². The molecule has 3 aromatic carbocycles. The van der Waals surface area contributed by atoms with E-state index in [1.54, 1.807) is 0 Å². The summed E-state index contributed by atoms with van der Waals surface area (Å²) >= 11 is 0. The first-order valence-corrected chi connectivity index (χ1v) is 10.8. The predicted molar refractivity (Wildman–Crippen MR) is 127 cm³/mol. The lowest BCUT2D eigenvalue weighted by molar-refractivity contribution is -0.659. The van der Waals surface area contributed by atoms with E-state index < -0.39 is 0 Å². The Morgan fingerprint density at radius 1 is 1.03 bits per heavy atom. The third-order valence-corrected chi connectivity index (χ3v) is 6.28. The van der Waals surface area contributed by atoms with Gasteiger partial charge in [0.25, 0.3) is 5.69 Å². The summed E-state index contributed by atoms with van der Waals surface area (Å²) in [7, 11) is 2.08. The second kappa shape index (κ2) is 6.56. The van der Waals surface area contributed by atoms with Crippen LogP contribution >= 0.6 is 0 Å². The second-order valence-electron chi connectivity index (χ2n) is 10.0. The number of fused-ring (bicyclic) bond motifs is 4. The molecule has 0 radical (unpaired) electrons. The van der Waals surface area contributed by atoms with Gasteiger partial charge < -0.3 is 4.74 Å². The summed E-state index contributed by atoms with van der Waals surface area (Å²) in [6.07, 6.45) is 3.12. The van der Waals surface area contributed by atoms with Gasteiger partial charge in [0.1, 0.15) is 12.8 Å². The van der Waals surface area contributed by atoms with Crippen molar-refractivity contribution < 1.29 is 9.30 Å². The summed E-state index contributed by atoms with van der Waals surface area (Å²) in [5, 5.41) is 4.48. The Bertz CT molecular complexity index is 1450. The Morgan fingerprint density at radius 2 is 1.81 bits per heavy atom. The van der Waals surface area contributed by atoms with Crippen LogP contribution in [0.3, 0.4) is 0 Å². The third-order valence-electron chi connectivity index (χ3n) is 6.28. The maximum absolute atomic E-state index is 7.46. The van der Waals surface area contributed by atoms with Gasteiger partial charge in [-0.3, -0.25) is 0 Å². The predicted octanol–water partition coefficient (Wildman–Crippen LogP) is 7.35. The molecule has 0 atom stereocenters. The minimum atomic E-state index is 0.194. The van der Waals surface area contributed by atoms with E-state index in [9.17, 15) is 0 Å². The monoisotopic (exact) mass is 407 g/mol. The molecular formula is C28H27N2O+. The van der Waals surface area contributed by atoms with Gasteiger partial charge in [-0.25, -0.2) is 4.85 Å². The second-order valence-corrected chi connectivity index (χ2v) is 10.0. The maximum Gasteiger partial charge on any atom is 0.256 e. The highest BCUT2D eigenvalue weighted by Crippen LogP contribution is 2.50. The van der Waals surface area contributed by atoms with Crippen LogP contribution in [0.4, 0.5) is 5.69 Å². The number of pyridine rings is 1. The minimum absolute atomic E-state index is 0.194. The molecule has 0 saturated heterocycles. The molecule has 0 bridgehead atoms. The zero-order valence-corrected chi connectivity index (χ0v) is 19.1. The lowest BCUT2D eigenvalue weighted by Crippen LogP contribution is -2.32. The van der Waals surface area contributed by atoms with Crippen molar-refractivity contribution in [2.75, 3.05) is 0 Å². The van der Waals surface area contributed by atoms with Gasteiger partial charge in [0, 0.05) is 16.2 Å². The Kier molecular flexibility index (Phi) is 4.14. The van der Waals surface area contributed by atoms with Crippen molar-refractivity contribution in [1.82, 2.24) is 0 Å². The standard InChI is InChI=1S/C28H27N2O/c1-16-10-20-11-18(14-28(3,4)5)12-23-25(20)24(17(16)2)26-27(31-23)22-13-21(29-6)9-8-19(22)15-30(26)7/h8-13,15H,14H2,1-5,7H3/q+1. The molecule has 0 N–H and O–H groups in total. The van der Waals surface area contributed by atoms with E-state index in [1.165, 1.54) is 33.0 Å². The molecule has 154 valence electrons. The number of aryl methyl sites for hydroxylation is 2. The molecule has 0 spiro atoms. The molecule has 0 saturated carbocycles. The lowest BCUT2D eigenvalue weighted by atomic mass is 9.85. The number of rotatable bonds is 1. The van der Waals surface area contributed by atoms with Crippen molar-refractivity contribution in [3.05, 3.63) is 70.7 Å². The van der Waals surface area contributed by atoms with Gasteiger partial charge >= 0.3 is 0 Å². The normalized spacial score (nSPS) is 12.5. The minimum Gasteiger partial charge on any atom is -0.449 e. The summed E-state index contributed by atoms with van der Waals surface area (Å²) < 4.78 is 8.84. The number of benzene rings is 3. The fourth-order valence-corrected chi connectivity index (χ4v) is 4.88. The molecule has 0 aliphatic carbocycles. The third kappa shape index (κ3) is 3.06. The molecular weight excluding hydrogens is 380 g/mol. The first kappa shape index (κ1) is 19.6. The molecule has 1 aliphatic heterocycles. The van der Waals surface area contributed by atoms with Gasteiger partial charge in [-0.2, -0.15) is 4.57 Å². The molecule has 2 heterocycles. The molecule has 3 heteroatoms. The molecule has 1 aromatic heterocycles. The summed E-state index contributed by atoms with van der Waals surface area (Å²) in [6.45, 7) is 18.7. The summed E-state index contributed by atoms with van der Waals surface area (Å²) in [5.41, 5.74) is 6.99. The van der Waals surface area contributed by atoms with Crippen LogP contribution in [0.1, 0.15) is 37.5 Å². The van der Waals surface area contributed by atoms with Gasteiger partial charge in [-0.15, -0.1) is 0 Å². The zero-order valence-electron chi connectivity index (χ0n) is 19.1. The topological polar surface area (TPSA) is 17.5 Å². The van der Waals surface area contributed by atoms with Crippen molar-refractivity contribution >= 4 is 27.2 Å². The number of aromatic nitrogens is 1. The highest BCUT2D eigenvalue weighted by atomic mass is 16.5. The van der Waals surface area contributed by atoms with Gasteiger partial charge in [0.2, 0.25) is 5.75 Å². The smallest absolute Gasteiger partial charge is 0.256 e. The van der Waals surface area contributed by atoms with E-state index in [1.807, 2.05) is 18.2 Å². The van der Waals surface area contributed by atoms with Crippen LogP contribution in [0.2, 0.25) is 0 Å². The van der Waals surface area contributed by atoms with Gasteiger partial charge in [0.05, 0.1) is 12.1 Å². The van der Waals surface area contributed by atoms with E-state index in [4.69, 9.17) is 11.3 Å². The lowest BCUT2D eigenvalue weighted by Gasteiger charge is -2.25. The molecule has 1 aliphatic rings. The average molecular weight is 408 g/mol. The summed E-state index contributed by atoms with van der Waals surface area (Å²) in [4.78, 5) is 3.65. The van der Waals surface area contributed by atoms with Crippen LogP contribution in [-0.2, 0) is 13.5 Å². The molecule has 5 rings (SSSR count). The van der Waals surface area contributed by atoms with E-state index in [0.29, 0.717) is 5.69 Å². The van der Waals surface area contributed by atoms with Crippen molar-refractivity contribution in [2.24, 2.45) is 12.5 Å². The van der Waals surface area contributed by atoms with Gasteiger partial charge in [0.15, 0.2) is 11.9 Å². The Labute approximate surface area is 183 Å². The molecule has 0 amide bonds. The van der Waals surface area contributed by atoms with Crippen LogP contribution in [0.5, 0.6) is 11.5 Å². The SMILES string of the molecule is [C-]#[N+]c1ccc2c[n+](C)c3c(c2c1)Oc1cc(CC(C)(C)C)cc2cc(C)c(C)c-3c12. The van der Waals surface area contributed by atoms with Gasteiger partial charge in [-0.05, 0) is 59.9 Å². The highest BCUT2D eigenvalue weighted by molar-refractivity contribution is 6.08. The fourth-order valence-electron chi connectivity index (χ4n) is 4.88. The van der Waals surface area contributed by atoms with Crippen molar-refractivity contribution in [1.29, 1.82) is 0 Å². The fraction of sp³-hybridized carbons (Fsp3) is 0.286. The summed E-state index contributed by atoms with van der Waals surface area (Å²) in [6, 6.07) is 12.7. The maximum atomic E-state index is 7.46. The van der Waals surface area contributed by atoms with Crippen molar-refractivity contribution in [2.45, 2.75) is 41.0 Å². The van der Waals surface area contributed by atoms with Crippen molar-refractivity contribution in [3.8, 4) is 22.8 Å². The number of nitrogens with zero attached hydrogens (tertiary/aromatic N) is 2. The van der Waals surface area contributed by atoms with E-state index in [0.717, 1.165) is 34.4 Å². The molecule has 4 aromatic rings. The largest absolute Gasteiger partial charge is 0.449 e. The Hall–Kier alpha value is -3.38. The molecule has 0 fully saturated rings. The summed E-state index contributed by atoms with van der Waals surface area (Å²) in [5.74, 6) is 1.77. The first-order chi connectivity index (χ1) is 14.7. The highest BCUT2D eigenvalue weighted by Gasteiger charge is 2.32. The molecule has 3 nitrogen and oxygen atoms in total. The Balaban J connectivity index is 1.91. The average Bonchev–Trinajstić information content (AvgIpc) is 2.69. The van der Waals surface area contributed by atoms with E-state index in [-0.39, 0.29) is 5.41 Å². The van der Waals surface area contributed by atoms with Crippen LogP contribution in [0.15, 0.2) is 42.6 Å². The van der Waals surface area contributed by atoms with Crippen LogP contribution in [0, 0.1) is 25.8 Å². The number of ether oxygens (including phenoxy) is 1. The van der Waals surface area contributed by atoms with E-state index in [2.05, 4.69) is 75.5 Å². The van der Waals surface area contributed by atoms with Crippen LogP contribution in [-0.4, -0.2) is 0 Å². The van der Waals surface area contributed by atoms with Crippen LogP contribution in [0.25, 0.3) is 37.6 Å². The Morgan fingerprint density at radius 3 is 2.52 bits per heavy atom. The number of hydrogen-bond donors (Lipinski definition) is 0. The van der Waals surface area contributed by atoms with E-state index >= 15 is 0 Å². The molecule has 31 heavy (non-hydrogen) atoms. The molecule has 0 unspecified atom stereocenters.